The predicted octanol–water partition coefficient (Wildman–Crippen LogP) is 3.32. The third-order valence-corrected chi connectivity index (χ3v) is 5.74. The molecule has 1 unspecified atom stereocenters. The maximum Gasteiger partial charge on any atom is 0.185 e. The van der Waals surface area contributed by atoms with Gasteiger partial charge in [-0.15, -0.1) is 22.7 Å². The molecule has 1 atom stereocenters. The van der Waals surface area contributed by atoms with E-state index >= 15 is 0 Å². The number of aliphatic hydroxyl groups excluding tert-OH is 1. The Morgan fingerprint density at radius 3 is 3.05 bits per heavy atom. The second-order valence-electron chi connectivity index (χ2n) is 5.47. The molecule has 5 heteroatoms. The van der Waals surface area contributed by atoms with Gasteiger partial charge < -0.3 is 9.67 Å². The summed E-state index contributed by atoms with van der Waals surface area (Å²) in [6.07, 6.45) is 2.27. The van der Waals surface area contributed by atoms with Crippen LogP contribution in [0.4, 0.5) is 0 Å². The summed E-state index contributed by atoms with van der Waals surface area (Å²) in [7, 11) is 0. The van der Waals surface area contributed by atoms with Crippen molar-refractivity contribution in [3.05, 3.63) is 37.8 Å². The van der Waals surface area contributed by atoms with E-state index in [-0.39, 0.29) is 6.61 Å². The molecular weight excluding hydrogens is 288 g/mol. The van der Waals surface area contributed by atoms with E-state index in [1.807, 2.05) is 11.3 Å². The molecule has 0 saturated heterocycles. The van der Waals surface area contributed by atoms with Crippen LogP contribution in [0, 0.1) is 0 Å². The molecule has 2 aromatic heterocycles. The van der Waals surface area contributed by atoms with Crippen LogP contribution in [0.1, 0.15) is 48.4 Å². The van der Waals surface area contributed by atoms with Crippen molar-refractivity contribution < 1.29 is 5.11 Å². The second kappa shape index (κ2) is 5.84. The molecule has 0 spiro atoms. The van der Waals surface area contributed by atoms with Gasteiger partial charge in [-0.05, 0) is 35.8 Å². The van der Waals surface area contributed by atoms with Gasteiger partial charge in [-0.25, -0.2) is 4.99 Å². The number of thiazole rings is 1. The normalized spacial score (nSPS) is 19.0. The van der Waals surface area contributed by atoms with E-state index in [0.29, 0.717) is 18.5 Å². The van der Waals surface area contributed by atoms with Crippen molar-refractivity contribution in [2.24, 2.45) is 4.99 Å². The molecule has 1 aliphatic rings. The SMILES string of the molecule is CC(C)c1cs/c(=N\C2CCc3ccsc32)n1CCO. The fourth-order valence-corrected chi connectivity index (χ4v) is 4.92. The Balaban J connectivity index is 2.00. The van der Waals surface area contributed by atoms with Crippen molar-refractivity contribution in [3.8, 4) is 0 Å². The number of hydrogen-bond acceptors (Lipinski definition) is 4. The van der Waals surface area contributed by atoms with Gasteiger partial charge in [0.05, 0.1) is 12.6 Å². The highest BCUT2D eigenvalue weighted by Crippen LogP contribution is 2.37. The van der Waals surface area contributed by atoms with Gasteiger partial charge in [0.25, 0.3) is 0 Å². The zero-order valence-electron chi connectivity index (χ0n) is 11.9. The van der Waals surface area contributed by atoms with E-state index < -0.39 is 0 Å². The lowest BCUT2D eigenvalue weighted by Gasteiger charge is -2.10. The zero-order valence-corrected chi connectivity index (χ0v) is 13.5. The molecule has 0 aromatic carbocycles. The first kappa shape index (κ1) is 14.0. The van der Waals surface area contributed by atoms with Crippen LogP contribution in [0.3, 0.4) is 0 Å². The molecule has 0 fully saturated rings. The van der Waals surface area contributed by atoms with Gasteiger partial charge in [-0.2, -0.15) is 0 Å². The molecule has 1 aliphatic carbocycles. The van der Waals surface area contributed by atoms with Crippen molar-refractivity contribution in [3.63, 3.8) is 0 Å². The monoisotopic (exact) mass is 308 g/mol. The standard InChI is InChI=1S/C15H20N2OS2/c1-10(2)13-9-20-15(17(13)6-7-18)16-12-4-3-11-5-8-19-14(11)12/h5,8-10,12,18H,3-4,6-7H2,1-2H3/b16-15-. The molecule has 0 radical (unpaired) electrons. The first-order valence-electron chi connectivity index (χ1n) is 7.10. The molecule has 20 heavy (non-hydrogen) atoms. The molecule has 3 rings (SSSR count). The highest BCUT2D eigenvalue weighted by Gasteiger charge is 2.23. The zero-order chi connectivity index (χ0) is 14.1. The van der Waals surface area contributed by atoms with Crippen LogP contribution >= 0.6 is 22.7 Å². The molecule has 2 aromatic rings. The van der Waals surface area contributed by atoms with Crippen LogP contribution < -0.4 is 4.80 Å². The average Bonchev–Trinajstić information content (AvgIpc) is 3.08. The predicted molar refractivity (Wildman–Crippen MR) is 84.4 cm³/mol. The van der Waals surface area contributed by atoms with Gasteiger partial charge in [-0.1, -0.05) is 13.8 Å². The van der Waals surface area contributed by atoms with Crippen molar-refractivity contribution in [1.29, 1.82) is 0 Å². The topological polar surface area (TPSA) is 37.5 Å². The van der Waals surface area contributed by atoms with E-state index in [9.17, 15) is 5.11 Å². The van der Waals surface area contributed by atoms with E-state index in [2.05, 4.69) is 35.2 Å². The lowest BCUT2D eigenvalue weighted by Crippen LogP contribution is -2.21. The third-order valence-electron chi connectivity index (χ3n) is 3.78. The molecule has 0 aliphatic heterocycles. The first-order chi connectivity index (χ1) is 9.70. The molecule has 0 saturated carbocycles. The highest BCUT2D eigenvalue weighted by atomic mass is 32.1. The minimum Gasteiger partial charge on any atom is -0.395 e. The smallest absolute Gasteiger partial charge is 0.185 e. The van der Waals surface area contributed by atoms with Crippen molar-refractivity contribution in [1.82, 2.24) is 4.57 Å². The largest absolute Gasteiger partial charge is 0.395 e. The number of nitrogens with zero attached hydrogens (tertiary/aromatic N) is 2. The number of aliphatic hydroxyl groups is 1. The van der Waals surface area contributed by atoms with Gasteiger partial charge in [0, 0.05) is 22.5 Å². The van der Waals surface area contributed by atoms with E-state index in [4.69, 9.17) is 4.99 Å². The second-order valence-corrected chi connectivity index (χ2v) is 7.25. The number of fused-ring (bicyclic) bond motifs is 1. The van der Waals surface area contributed by atoms with Crippen LogP contribution in [0.25, 0.3) is 0 Å². The maximum atomic E-state index is 9.30. The minimum absolute atomic E-state index is 0.165. The lowest BCUT2D eigenvalue weighted by molar-refractivity contribution is 0.272. The minimum atomic E-state index is 0.165. The van der Waals surface area contributed by atoms with E-state index in [0.717, 1.165) is 17.6 Å². The van der Waals surface area contributed by atoms with Crippen LogP contribution in [0.15, 0.2) is 21.8 Å². The molecule has 1 N–H and O–H groups in total. The highest BCUT2D eigenvalue weighted by molar-refractivity contribution is 7.10. The molecule has 108 valence electrons. The van der Waals surface area contributed by atoms with Gasteiger partial charge in [-0.3, -0.25) is 0 Å². The number of hydrogen-bond donors (Lipinski definition) is 1. The van der Waals surface area contributed by atoms with Crippen molar-refractivity contribution in [2.45, 2.75) is 45.2 Å². The summed E-state index contributed by atoms with van der Waals surface area (Å²) in [6, 6.07) is 2.54. The number of rotatable bonds is 4. The Kier molecular flexibility index (Phi) is 4.10. The Labute approximate surface area is 127 Å². The molecule has 0 bridgehead atoms. The Hall–Kier alpha value is -0.910. The Morgan fingerprint density at radius 2 is 2.30 bits per heavy atom. The van der Waals surface area contributed by atoms with Crippen LogP contribution in [-0.2, 0) is 13.0 Å². The molecule has 0 amide bonds. The Bertz CT molecular complexity index is 651. The van der Waals surface area contributed by atoms with Crippen LogP contribution in [0.2, 0.25) is 0 Å². The lowest BCUT2D eigenvalue weighted by atomic mass is 10.1. The van der Waals surface area contributed by atoms with E-state index in [1.54, 1.807) is 11.3 Å². The van der Waals surface area contributed by atoms with Crippen LogP contribution in [0.5, 0.6) is 0 Å². The van der Waals surface area contributed by atoms with Crippen molar-refractivity contribution in [2.75, 3.05) is 6.61 Å². The van der Waals surface area contributed by atoms with E-state index in [1.165, 1.54) is 16.1 Å². The number of aryl methyl sites for hydroxylation is 1. The quantitative estimate of drug-likeness (QED) is 0.924. The summed E-state index contributed by atoms with van der Waals surface area (Å²) >= 11 is 3.52. The summed E-state index contributed by atoms with van der Waals surface area (Å²) in [5, 5.41) is 13.7. The average molecular weight is 308 g/mol. The third kappa shape index (κ3) is 2.50. The summed E-state index contributed by atoms with van der Waals surface area (Å²) < 4.78 is 2.18. The Morgan fingerprint density at radius 1 is 1.45 bits per heavy atom. The number of aromatic nitrogens is 1. The van der Waals surface area contributed by atoms with Crippen LogP contribution in [-0.4, -0.2) is 16.3 Å². The van der Waals surface area contributed by atoms with Gasteiger partial charge in [0.1, 0.15) is 0 Å². The number of thiophene rings is 1. The molecule has 2 heterocycles. The summed E-state index contributed by atoms with van der Waals surface area (Å²) in [5.41, 5.74) is 2.74. The van der Waals surface area contributed by atoms with Gasteiger partial charge in [0.15, 0.2) is 4.80 Å². The maximum absolute atomic E-state index is 9.30. The first-order valence-corrected chi connectivity index (χ1v) is 8.85. The summed E-state index contributed by atoms with van der Waals surface area (Å²) in [5.74, 6) is 0.461. The van der Waals surface area contributed by atoms with Gasteiger partial charge >= 0.3 is 0 Å². The summed E-state index contributed by atoms with van der Waals surface area (Å²) in [6.45, 7) is 5.18. The van der Waals surface area contributed by atoms with Gasteiger partial charge in [0.2, 0.25) is 0 Å². The van der Waals surface area contributed by atoms with Crippen molar-refractivity contribution >= 4 is 22.7 Å². The molecule has 3 nitrogen and oxygen atoms in total. The fourth-order valence-electron chi connectivity index (χ4n) is 2.75. The molecular formula is C15H20N2OS2. The fraction of sp³-hybridized carbons (Fsp3) is 0.533. The summed E-state index contributed by atoms with van der Waals surface area (Å²) in [4.78, 5) is 7.45.